The van der Waals surface area contributed by atoms with Gasteiger partial charge >= 0.3 is 0 Å². The summed E-state index contributed by atoms with van der Waals surface area (Å²) >= 11 is 2.02. The highest BCUT2D eigenvalue weighted by Crippen LogP contribution is 2.39. The molecule has 104 valence electrons. The predicted octanol–water partition coefficient (Wildman–Crippen LogP) is 1.45. The van der Waals surface area contributed by atoms with Crippen LogP contribution in [0.4, 0.5) is 5.69 Å². The minimum atomic E-state index is -0.300. The number of alkyl halides is 1. The molecule has 0 aliphatic carbocycles. The molecule has 1 amide bonds. The molecular weight excluding hydrogens is 373 g/mol. The molecule has 1 unspecified atom stereocenters. The first-order valence-electron chi connectivity index (χ1n) is 6.08. The Morgan fingerprint density at radius 2 is 2.35 bits per heavy atom. The van der Waals surface area contributed by atoms with Gasteiger partial charge in [-0.2, -0.15) is 4.99 Å². The zero-order valence-electron chi connectivity index (χ0n) is 10.4. The molecule has 2 aliphatic heterocycles. The summed E-state index contributed by atoms with van der Waals surface area (Å²) in [6.07, 6.45) is 1.74. The fourth-order valence-electron chi connectivity index (χ4n) is 1.93. The Balaban J connectivity index is 1.97. The topological polar surface area (TPSA) is 85.9 Å². The Kier molecular flexibility index (Phi) is 3.62. The second-order valence-corrected chi connectivity index (χ2v) is 5.57. The lowest BCUT2D eigenvalue weighted by Gasteiger charge is -2.26. The molecule has 1 aromatic rings. The number of anilines is 1. The number of hydrogen-bond acceptors (Lipinski definition) is 5. The summed E-state index contributed by atoms with van der Waals surface area (Å²) in [5.74, 6) is 2.04. The van der Waals surface area contributed by atoms with Gasteiger partial charge in [-0.05, 0) is 18.2 Å². The van der Waals surface area contributed by atoms with E-state index < -0.39 is 0 Å². The molecular formula is C13H12IN3O3. The number of nitrogens with zero attached hydrogens (tertiary/aromatic N) is 1. The van der Waals surface area contributed by atoms with E-state index in [1.54, 1.807) is 6.08 Å². The van der Waals surface area contributed by atoms with Crippen LogP contribution in [0, 0.1) is 0 Å². The highest BCUT2D eigenvalue weighted by atomic mass is 127. The summed E-state index contributed by atoms with van der Waals surface area (Å²) in [5, 5.41) is 3.09. The van der Waals surface area contributed by atoms with E-state index in [4.69, 9.17) is 15.2 Å². The summed E-state index contributed by atoms with van der Waals surface area (Å²) in [6.45, 7) is 0.827. The number of nitrogens with two attached hydrogens (primary N) is 1. The molecule has 0 aromatic heterocycles. The quantitative estimate of drug-likeness (QED) is 0.608. The maximum atomic E-state index is 11.6. The van der Waals surface area contributed by atoms with Crippen molar-refractivity contribution in [1.82, 2.24) is 0 Å². The predicted molar refractivity (Wildman–Crippen MR) is 83.6 cm³/mol. The fourth-order valence-corrected chi connectivity index (χ4v) is 2.39. The van der Waals surface area contributed by atoms with Crippen LogP contribution >= 0.6 is 22.6 Å². The second-order valence-electron chi connectivity index (χ2n) is 4.22. The van der Waals surface area contributed by atoms with Crippen molar-refractivity contribution < 1.29 is 14.3 Å². The summed E-state index contributed by atoms with van der Waals surface area (Å²) in [7, 11) is 0. The van der Waals surface area contributed by atoms with Crippen molar-refractivity contribution in [3.8, 4) is 11.5 Å². The van der Waals surface area contributed by atoms with Crippen molar-refractivity contribution >= 4 is 40.0 Å². The zero-order valence-corrected chi connectivity index (χ0v) is 12.6. The molecule has 3 N–H and O–H groups in total. The summed E-state index contributed by atoms with van der Waals surface area (Å²) in [4.78, 5) is 15.6. The minimum Gasteiger partial charge on any atom is -0.490 e. The smallest absolute Gasteiger partial charge is 0.264 e. The molecule has 6 nitrogen and oxygen atoms in total. The summed E-state index contributed by atoms with van der Waals surface area (Å²) in [6, 6.07) is 5.48. The summed E-state index contributed by atoms with van der Waals surface area (Å²) in [5.41, 5.74) is 6.10. The number of fused-ring (bicyclic) bond motifs is 2. The van der Waals surface area contributed by atoms with Crippen LogP contribution in [0.2, 0.25) is 0 Å². The van der Waals surface area contributed by atoms with E-state index in [9.17, 15) is 4.79 Å². The van der Waals surface area contributed by atoms with Crippen molar-refractivity contribution in [1.29, 1.82) is 0 Å². The highest BCUT2D eigenvalue weighted by molar-refractivity contribution is 14.1. The first-order chi connectivity index (χ1) is 9.69. The van der Waals surface area contributed by atoms with Crippen LogP contribution in [0.15, 0.2) is 35.0 Å². The number of ether oxygens (including phenoxy) is 2. The Hall–Kier alpha value is -1.61. The van der Waals surface area contributed by atoms with Crippen LogP contribution in [-0.4, -0.2) is 28.8 Å². The number of carbonyl (C=O) groups excluding carboxylic acids is 1. The van der Waals surface area contributed by atoms with Gasteiger partial charge in [-0.1, -0.05) is 28.7 Å². The summed E-state index contributed by atoms with van der Waals surface area (Å²) < 4.78 is 11.0. The van der Waals surface area contributed by atoms with Crippen molar-refractivity contribution in [3.63, 3.8) is 0 Å². The van der Waals surface area contributed by atoms with Gasteiger partial charge in [-0.3, -0.25) is 4.79 Å². The number of aliphatic imine (C=N–C) groups is 1. The maximum absolute atomic E-state index is 11.6. The van der Waals surface area contributed by atoms with E-state index in [0.29, 0.717) is 41.9 Å². The number of halogens is 1. The van der Waals surface area contributed by atoms with Crippen LogP contribution in [0.1, 0.15) is 0 Å². The van der Waals surface area contributed by atoms with Crippen LogP contribution in [0.5, 0.6) is 11.5 Å². The van der Waals surface area contributed by atoms with Gasteiger partial charge in [0.1, 0.15) is 22.0 Å². The number of dihydropyridines is 1. The molecule has 0 fully saturated rings. The molecule has 0 saturated carbocycles. The first-order valence-corrected chi connectivity index (χ1v) is 7.33. The van der Waals surface area contributed by atoms with Gasteiger partial charge in [0.2, 0.25) is 0 Å². The normalized spacial score (nSPS) is 19.9. The number of carbonyl (C=O) groups is 1. The van der Waals surface area contributed by atoms with Crippen LogP contribution in [0.3, 0.4) is 0 Å². The number of hydrogen-bond donors (Lipinski definition) is 2. The number of benzene rings is 1. The number of amides is 1. The average Bonchev–Trinajstić information content (AvgIpc) is 2.44. The van der Waals surface area contributed by atoms with Crippen LogP contribution in [0.25, 0.3) is 0 Å². The third-order valence-electron chi connectivity index (χ3n) is 2.82. The number of para-hydroxylation sites is 1. The van der Waals surface area contributed by atoms with Crippen molar-refractivity contribution in [2.24, 2.45) is 10.7 Å². The Morgan fingerprint density at radius 3 is 3.15 bits per heavy atom. The lowest BCUT2D eigenvalue weighted by Crippen LogP contribution is -2.31. The highest BCUT2D eigenvalue weighted by Gasteiger charge is 2.29. The van der Waals surface area contributed by atoms with E-state index >= 15 is 0 Å². The second kappa shape index (κ2) is 5.41. The fraction of sp³-hybridized carbons (Fsp3) is 0.231. The van der Waals surface area contributed by atoms with E-state index in [1.165, 1.54) is 0 Å². The molecule has 2 heterocycles. The number of nitrogens with one attached hydrogen (secondary N) is 1. The lowest BCUT2D eigenvalue weighted by atomic mass is 10.2. The molecule has 20 heavy (non-hydrogen) atoms. The Morgan fingerprint density at radius 1 is 1.50 bits per heavy atom. The van der Waals surface area contributed by atoms with Crippen molar-refractivity contribution in [3.05, 3.63) is 30.0 Å². The van der Waals surface area contributed by atoms with Gasteiger partial charge in [0, 0.05) is 6.54 Å². The van der Waals surface area contributed by atoms with Gasteiger partial charge in [0.15, 0.2) is 17.3 Å². The molecule has 3 rings (SSSR count). The molecule has 0 spiro atoms. The SMILES string of the molecule is NCCOc1cccc2c1NC1=NC(=O)C(I)C=C1O2. The Labute approximate surface area is 129 Å². The number of rotatable bonds is 3. The first kappa shape index (κ1) is 13.4. The molecule has 0 saturated heterocycles. The average molecular weight is 385 g/mol. The zero-order chi connectivity index (χ0) is 14.1. The molecule has 1 atom stereocenters. The molecule has 0 bridgehead atoms. The largest absolute Gasteiger partial charge is 0.490 e. The van der Waals surface area contributed by atoms with E-state index in [2.05, 4.69) is 10.3 Å². The monoisotopic (exact) mass is 385 g/mol. The third-order valence-corrected chi connectivity index (χ3v) is 3.71. The van der Waals surface area contributed by atoms with Crippen molar-refractivity contribution in [2.45, 2.75) is 3.92 Å². The van der Waals surface area contributed by atoms with Crippen molar-refractivity contribution in [2.75, 3.05) is 18.5 Å². The Bertz CT molecular complexity index is 627. The maximum Gasteiger partial charge on any atom is 0.264 e. The van der Waals surface area contributed by atoms with Gasteiger partial charge in [0.25, 0.3) is 5.91 Å². The van der Waals surface area contributed by atoms with Gasteiger partial charge < -0.3 is 20.5 Å². The van der Waals surface area contributed by atoms with Crippen LogP contribution in [-0.2, 0) is 4.79 Å². The van der Waals surface area contributed by atoms with E-state index in [0.717, 1.165) is 0 Å². The standard InChI is InChI=1S/C13H12IN3O3/c14-7-6-10-12(17-13(7)18)16-11-8(19-5-4-15)2-1-3-9(11)20-10/h1-3,6-7H,4-5,15H2,(H,16,17,18). The van der Waals surface area contributed by atoms with Gasteiger partial charge in [-0.25, -0.2) is 0 Å². The minimum absolute atomic E-state index is 0.204. The number of amidine groups is 1. The molecule has 2 aliphatic rings. The van der Waals surface area contributed by atoms with Gasteiger partial charge in [-0.15, -0.1) is 0 Å². The van der Waals surface area contributed by atoms with E-state index in [1.807, 2.05) is 40.8 Å². The molecule has 0 radical (unpaired) electrons. The third kappa shape index (κ3) is 2.38. The molecule has 7 heteroatoms. The lowest BCUT2D eigenvalue weighted by molar-refractivity contribution is -0.116. The van der Waals surface area contributed by atoms with E-state index in [-0.39, 0.29) is 9.83 Å². The van der Waals surface area contributed by atoms with Gasteiger partial charge in [0.05, 0.1) is 0 Å². The molecule has 1 aromatic carbocycles. The van der Waals surface area contributed by atoms with Crippen LogP contribution < -0.4 is 20.5 Å².